The monoisotopic (exact) mass is 424 g/mol. The topological polar surface area (TPSA) is 75.3 Å². The summed E-state index contributed by atoms with van der Waals surface area (Å²) in [5.74, 6) is 2.07. The molecule has 4 aliphatic carbocycles. The van der Waals surface area contributed by atoms with Crippen LogP contribution in [0.25, 0.3) is 0 Å². The smallest absolute Gasteiger partial charge is 0.251 e. The molecule has 4 aliphatic rings. The third kappa shape index (κ3) is 3.91. The molecule has 6 rings (SSSR count). The number of carbonyl (C=O) groups excluding carboxylic acids is 1. The summed E-state index contributed by atoms with van der Waals surface area (Å²) < 4.78 is 28.1. The number of amides is 1. The molecule has 0 atom stereocenters. The van der Waals surface area contributed by atoms with Crippen molar-refractivity contribution in [2.24, 2.45) is 17.8 Å². The van der Waals surface area contributed by atoms with E-state index in [0.717, 1.165) is 42.6 Å². The number of hydrogen-bond acceptors (Lipinski definition) is 3. The van der Waals surface area contributed by atoms with Gasteiger partial charge in [-0.1, -0.05) is 36.4 Å². The predicted octanol–water partition coefficient (Wildman–Crippen LogP) is 3.86. The summed E-state index contributed by atoms with van der Waals surface area (Å²) in [6.07, 6.45) is 7.16. The highest BCUT2D eigenvalue weighted by atomic mass is 32.2. The van der Waals surface area contributed by atoms with Crippen molar-refractivity contribution in [2.45, 2.75) is 55.5 Å². The standard InChI is InChI=1S/C24H28N2O3S/c27-23(26-24-13-18-9-19(14-24)11-20(10-18)15-24)21-7-4-8-22(12-21)30(28,29)25-16-17-5-2-1-3-6-17/h1-8,12,18-20,25H,9-11,13-16H2,(H,26,27). The summed E-state index contributed by atoms with van der Waals surface area (Å²) in [7, 11) is -3.70. The van der Waals surface area contributed by atoms with E-state index in [1.807, 2.05) is 30.3 Å². The van der Waals surface area contributed by atoms with E-state index in [1.54, 1.807) is 12.1 Å². The third-order valence-electron chi connectivity index (χ3n) is 7.13. The van der Waals surface area contributed by atoms with Crippen molar-refractivity contribution >= 4 is 15.9 Å². The molecule has 0 aliphatic heterocycles. The maximum atomic E-state index is 13.1. The van der Waals surface area contributed by atoms with Gasteiger partial charge < -0.3 is 5.32 Å². The van der Waals surface area contributed by atoms with Gasteiger partial charge in [-0.25, -0.2) is 13.1 Å². The Kier molecular flexibility index (Phi) is 4.94. The molecule has 4 bridgehead atoms. The van der Waals surface area contributed by atoms with E-state index in [0.29, 0.717) is 5.56 Å². The first-order valence-corrected chi connectivity index (χ1v) is 12.4. The highest BCUT2D eigenvalue weighted by molar-refractivity contribution is 7.89. The molecule has 0 radical (unpaired) electrons. The van der Waals surface area contributed by atoms with Crippen LogP contribution in [0.2, 0.25) is 0 Å². The second-order valence-corrected chi connectivity index (χ2v) is 11.3. The molecule has 1 amide bonds. The van der Waals surface area contributed by atoms with Crippen molar-refractivity contribution in [1.82, 2.24) is 10.0 Å². The molecule has 0 spiro atoms. The molecule has 158 valence electrons. The molecule has 0 aromatic heterocycles. The second kappa shape index (κ2) is 7.50. The van der Waals surface area contributed by atoms with Crippen LogP contribution in [0.3, 0.4) is 0 Å². The number of benzene rings is 2. The predicted molar refractivity (Wildman–Crippen MR) is 115 cm³/mol. The quantitative estimate of drug-likeness (QED) is 0.739. The minimum Gasteiger partial charge on any atom is -0.347 e. The molecular formula is C24H28N2O3S. The minimum absolute atomic E-state index is 0.0910. The van der Waals surface area contributed by atoms with Crippen LogP contribution in [0, 0.1) is 17.8 Å². The summed E-state index contributed by atoms with van der Waals surface area (Å²) in [4.78, 5) is 13.2. The van der Waals surface area contributed by atoms with Crippen LogP contribution < -0.4 is 10.0 Å². The highest BCUT2D eigenvalue weighted by Gasteiger charge is 2.51. The van der Waals surface area contributed by atoms with E-state index < -0.39 is 10.0 Å². The first-order chi connectivity index (χ1) is 14.4. The van der Waals surface area contributed by atoms with E-state index in [4.69, 9.17) is 0 Å². The normalized spacial score (nSPS) is 29.7. The molecule has 4 fully saturated rings. The third-order valence-corrected chi connectivity index (χ3v) is 8.53. The molecule has 0 heterocycles. The molecule has 4 saturated carbocycles. The van der Waals surface area contributed by atoms with Gasteiger partial charge in [-0.05, 0) is 80.0 Å². The Hall–Kier alpha value is -2.18. The highest BCUT2D eigenvalue weighted by Crippen LogP contribution is 2.55. The van der Waals surface area contributed by atoms with Crippen LogP contribution in [0.4, 0.5) is 0 Å². The lowest BCUT2D eigenvalue weighted by molar-refractivity contribution is -0.0167. The number of rotatable bonds is 6. The van der Waals surface area contributed by atoms with Crippen LogP contribution in [0.15, 0.2) is 59.5 Å². The zero-order valence-corrected chi connectivity index (χ0v) is 17.8. The van der Waals surface area contributed by atoms with Crippen LogP contribution >= 0.6 is 0 Å². The molecule has 2 aromatic carbocycles. The van der Waals surface area contributed by atoms with Crippen molar-refractivity contribution in [3.05, 3.63) is 65.7 Å². The van der Waals surface area contributed by atoms with E-state index in [1.165, 1.54) is 31.4 Å². The maximum Gasteiger partial charge on any atom is 0.251 e. The first kappa shape index (κ1) is 19.8. The zero-order valence-electron chi connectivity index (χ0n) is 17.0. The van der Waals surface area contributed by atoms with Gasteiger partial charge >= 0.3 is 0 Å². The van der Waals surface area contributed by atoms with Crippen LogP contribution in [0.5, 0.6) is 0 Å². The molecule has 5 nitrogen and oxygen atoms in total. The summed E-state index contributed by atoms with van der Waals surface area (Å²) in [6.45, 7) is 0.215. The fraction of sp³-hybridized carbons (Fsp3) is 0.458. The number of carbonyl (C=O) groups is 1. The van der Waals surface area contributed by atoms with Crippen molar-refractivity contribution in [3.63, 3.8) is 0 Å². The van der Waals surface area contributed by atoms with Crippen molar-refractivity contribution in [3.8, 4) is 0 Å². The summed E-state index contributed by atoms with van der Waals surface area (Å²) in [5.41, 5.74) is 1.21. The molecule has 0 saturated heterocycles. The Bertz CT molecular complexity index is 1010. The van der Waals surface area contributed by atoms with E-state index in [-0.39, 0.29) is 22.9 Å². The summed E-state index contributed by atoms with van der Waals surface area (Å²) in [5, 5.41) is 3.32. The number of hydrogen-bond donors (Lipinski definition) is 2. The van der Waals surface area contributed by atoms with Crippen LogP contribution in [-0.2, 0) is 16.6 Å². The van der Waals surface area contributed by atoms with Crippen molar-refractivity contribution in [1.29, 1.82) is 0 Å². The first-order valence-electron chi connectivity index (χ1n) is 10.9. The summed E-state index contributed by atoms with van der Waals surface area (Å²) >= 11 is 0. The molecule has 0 unspecified atom stereocenters. The Morgan fingerprint density at radius 1 is 0.900 bits per heavy atom. The fourth-order valence-electron chi connectivity index (χ4n) is 6.24. The largest absolute Gasteiger partial charge is 0.347 e. The number of nitrogens with one attached hydrogen (secondary N) is 2. The Labute approximate surface area is 178 Å². The molecule has 2 N–H and O–H groups in total. The van der Waals surface area contributed by atoms with E-state index >= 15 is 0 Å². The molecule has 6 heteroatoms. The van der Waals surface area contributed by atoms with Gasteiger partial charge in [0.2, 0.25) is 10.0 Å². The SMILES string of the molecule is O=C(NC12CC3CC(CC(C3)C1)C2)c1cccc(S(=O)(=O)NCc2ccccc2)c1. The lowest BCUT2D eigenvalue weighted by Gasteiger charge is -2.56. The van der Waals surface area contributed by atoms with Gasteiger partial charge in [0.25, 0.3) is 5.91 Å². The van der Waals surface area contributed by atoms with Gasteiger partial charge in [0.15, 0.2) is 0 Å². The molecule has 30 heavy (non-hydrogen) atoms. The Morgan fingerprint density at radius 2 is 1.53 bits per heavy atom. The van der Waals surface area contributed by atoms with Gasteiger partial charge in [-0.15, -0.1) is 0 Å². The zero-order chi connectivity index (χ0) is 20.8. The molecular weight excluding hydrogens is 396 g/mol. The van der Waals surface area contributed by atoms with Crippen molar-refractivity contribution in [2.75, 3.05) is 0 Å². The van der Waals surface area contributed by atoms with E-state index in [2.05, 4.69) is 10.0 Å². The lowest BCUT2D eigenvalue weighted by Crippen LogP contribution is -2.59. The van der Waals surface area contributed by atoms with Crippen LogP contribution in [0.1, 0.15) is 54.4 Å². The van der Waals surface area contributed by atoms with Gasteiger partial charge in [0, 0.05) is 17.6 Å². The second-order valence-electron chi connectivity index (χ2n) is 9.49. The van der Waals surface area contributed by atoms with Crippen LogP contribution in [-0.4, -0.2) is 19.9 Å². The van der Waals surface area contributed by atoms with Gasteiger partial charge in [0.05, 0.1) is 4.90 Å². The Morgan fingerprint density at radius 3 is 2.17 bits per heavy atom. The molecule has 2 aromatic rings. The Balaban J connectivity index is 1.30. The van der Waals surface area contributed by atoms with Gasteiger partial charge in [0.1, 0.15) is 0 Å². The number of sulfonamides is 1. The minimum atomic E-state index is -3.70. The lowest BCUT2D eigenvalue weighted by atomic mass is 9.53. The van der Waals surface area contributed by atoms with E-state index in [9.17, 15) is 13.2 Å². The average Bonchev–Trinajstić information content (AvgIpc) is 2.72. The van der Waals surface area contributed by atoms with Crippen molar-refractivity contribution < 1.29 is 13.2 Å². The maximum absolute atomic E-state index is 13.1. The summed E-state index contributed by atoms with van der Waals surface area (Å²) in [6, 6.07) is 15.8. The fourth-order valence-corrected chi connectivity index (χ4v) is 7.30. The average molecular weight is 425 g/mol. The van der Waals surface area contributed by atoms with Gasteiger partial charge in [-0.2, -0.15) is 0 Å². The van der Waals surface area contributed by atoms with Gasteiger partial charge in [-0.3, -0.25) is 4.79 Å².